The third-order valence-corrected chi connectivity index (χ3v) is 3.69. The molecule has 0 aromatic rings. The number of Topliss-reactive ketones (excluding diaryl/α,β-unsaturated/α-hetero) is 1. The second-order valence-corrected chi connectivity index (χ2v) is 4.75. The van der Waals surface area contributed by atoms with E-state index in [1.165, 1.54) is 0 Å². The molecule has 0 radical (unpaired) electrons. The third kappa shape index (κ3) is 2.43. The van der Waals surface area contributed by atoms with Crippen molar-refractivity contribution in [3.05, 3.63) is 0 Å². The summed E-state index contributed by atoms with van der Waals surface area (Å²) in [6, 6.07) is -0.202. The zero-order valence-electron chi connectivity index (χ0n) is 9.70. The Morgan fingerprint density at radius 1 is 1.50 bits per heavy atom. The maximum atomic E-state index is 11.6. The maximum Gasteiger partial charge on any atom is 0.323 e. The number of fused-ring (bicyclic) bond motifs is 1. The van der Waals surface area contributed by atoms with Gasteiger partial charge in [-0.1, -0.05) is 0 Å². The van der Waals surface area contributed by atoms with Gasteiger partial charge in [0, 0.05) is 12.8 Å². The number of carbonyl (C=O) groups is 2. The molecule has 90 valence electrons. The first-order valence-electron chi connectivity index (χ1n) is 6.12. The molecule has 2 rings (SSSR count). The zero-order chi connectivity index (χ0) is 11.5. The van der Waals surface area contributed by atoms with Gasteiger partial charge in [0.05, 0.1) is 6.61 Å². The summed E-state index contributed by atoms with van der Waals surface area (Å²) in [6.07, 6.45) is 3.11. The predicted molar refractivity (Wildman–Crippen MR) is 58.9 cm³/mol. The molecular weight excluding hydrogens is 206 g/mol. The van der Waals surface area contributed by atoms with E-state index in [0.717, 1.165) is 19.4 Å². The van der Waals surface area contributed by atoms with Crippen LogP contribution in [0.15, 0.2) is 0 Å². The molecule has 0 aromatic carbocycles. The number of ketones is 1. The lowest BCUT2D eigenvalue weighted by molar-refractivity contribution is -0.147. The zero-order valence-corrected chi connectivity index (χ0v) is 9.70. The fourth-order valence-corrected chi connectivity index (χ4v) is 2.79. The standard InChI is InChI=1S/C12H19NO3/c1-2-16-12(15)11-6-9-5-10(14)4-3-8(9)7-13-11/h8-9,11,13H,2-7H2,1H3/t8-,9-,11-/m0/s1. The molecule has 0 spiro atoms. The molecule has 1 saturated carbocycles. The van der Waals surface area contributed by atoms with E-state index in [4.69, 9.17) is 4.74 Å². The Kier molecular flexibility index (Phi) is 3.59. The van der Waals surface area contributed by atoms with Crippen LogP contribution in [0.3, 0.4) is 0 Å². The van der Waals surface area contributed by atoms with Crippen LogP contribution in [0.25, 0.3) is 0 Å². The van der Waals surface area contributed by atoms with Crippen LogP contribution in [0.5, 0.6) is 0 Å². The minimum absolute atomic E-state index is 0.168. The van der Waals surface area contributed by atoms with Gasteiger partial charge in [-0.15, -0.1) is 0 Å². The normalized spacial score (nSPS) is 34.3. The van der Waals surface area contributed by atoms with Crippen molar-refractivity contribution in [3.8, 4) is 0 Å². The summed E-state index contributed by atoms with van der Waals surface area (Å²) in [5, 5.41) is 3.23. The topological polar surface area (TPSA) is 55.4 Å². The van der Waals surface area contributed by atoms with Crippen molar-refractivity contribution < 1.29 is 14.3 Å². The van der Waals surface area contributed by atoms with E-state index < -0.39 is 0 Å². The number of esters is 1. The van der Waals surface area contributed by atoms with Crippen molar-refractivity contribution in [2.45, 2.75) is 38.6 Å². The average Bonchev–Trinajstić information content (AvgIpc) is 2.28. The van der Waals surface area contributed by atoms with Crippen molar-refractivity contribution in [3.63, 3.8) is 0 Å². The Hall–Kier alpha value is -0.900. The Morgan fingerprint density at radius 2 is 2.31 bits per heavy atom. The molecular formula is C12H19NO3. The lowest BCUT2D eigenvalue weighted by Crippen LogP contribution is -2.50. The Morgan fingerprint density at radius 3 is 3.06 bits per heavy atom. The fraction of sp³-hybridized carbons (Fsp3) is 0.833. The van der Waals surface area contributed by atoms with Gasteiger partial charge in [-0.25, -0.2) is 0 Å². The van der Waals surface area contributed by atoms with Crippen molar-refractivity contribution in [2.75, 3.05) is 13.2 Å². The summed E-state index contributed by atoms with van der Waals surface area (Å²) in [7, 11) is 0. The van der Waals surface area contributed by atoms with Crippen LogP contribution >= 0.6 is 0 Å². The van der Waals surface area contributed by atoms with Gasteiger partial charge < -0.3 is 10.1 Å². The molecule has 4 nitrogen and oxygen atoms in total. The quantitative estimate of drug-likeness (QED) is 0.709. The molecule has 0 bridgehead atoms. The minimum atomic E-state index is -0.202. The van der Waals surface area contributed by atoms with E-state index in [1.54, 1.807) is 0 Å². The number of hydrogen-bond acceptors (Lipinski definition) is 4. The first kappa shape index (κ1) is 11.6. The molecule has 1 aliphatic carbocycles. The SMILES string of the molecule is CCOC(=O)[C@@H]1C[C@@H]2CC(=O)CC[C@H]2CN1. The van der Waals surface area contributed by atoms with E-state index in [-0.39, 0.29) is 12.0 Å². The summed E-state index contributed by atoms with van der Waals surface area (Å²) >= 11 is 0. The van der Waals surface area contributed by atoms with Crippen molar-refractivity contribution in [1.29, 1.82) is 0 Å². The number of rotatable bonds is 2. The summed E-state index contributed by atoms with van der Waals surface area (Å²) < 4.78 is 5.00. The van der Waals surface area contributed by atoms with Gasteiger partial charge in [-0.3, -0.25) is 9.59 Å². The number of nitrogens with one attached hydrogen (secondary N) is 1. The Labute approximate surface area is 95.7 Å². The molecule has 0 unspecified atom stereocenters. The number of piperidine rings is 1. The summed E-state index contributed by atoms with van der Waals surface area (Å²) in [5.41, 5.74) is 0. The van der Waals surface area contributed by atoms with Gasteiger partial charge in [0.2, 0.25) is 0 Å². The average molecular weight is 225 g/mol. The molecule has 1 aliphatic heterocycles. The highest BCUT2D eigenvalue weighted by Gasteiger charge is 2.37. The van der Waals surface area contributed by atoms with Crippen LogP contribution in [0, 0.1) is 11.8 Å². The molecule has 1 heterocycles. The van der Waals surface area contributed by atoms with Gasteiger partial charge in [0.25, 0.3) is 0 Å². The minimum Gasteiger partial charge on any atom is -0.465 e. The second-order valence-electron chi connectivity index (χ2n) is 4.75. The van der Waals surface area contributed by atoms with Gasteiger partial charge >= 0.3 is 5.97 Å². The summed E-state index contributed by atoms with van der Waals surface area (Å²) in [4.78, 5) is 23.0. The van der Waals surface area contributed by atoms with Crippen LogP contribution in [-0.2, 0) is 14.3 Å². The van der Waals surface area contributed by atoms with E-state index >= 15 is 0 Å². The molecule has 2 aliphatic rings. The molecule has 16 heavy (non-hydrogen) atoms. The largest absolute Gasteiger partial charge is 0.465 e. The molecule has 1 N–H and O–H groups in total. The lowest BCUT2D eigenvalue weighted by atomic mass is 9.73. The predicted octanol–water partition coefficient (Wildman–Crippen LogP) is 0.897. The first-order chi connectivity index (χ1) is 7.70. The molecule has 1 saturated heterocycles. The summed E-state index contributed by atoms with van der Waals surface area (Å²) in [5.74, 6) is 1.14. The maximum absolute atomic E-state index is 11.6. The Bertz CT molecular complexity index is 290. The van der Waals surface area contributed by atoms with Gasteiger partial charge in [0.15, 0.2) is 0 Å². The molecule has 2 fully saturated rings. The number of carbonyl (C=O) groups excluding carboxylic acids is 2. The molecule has 3 atom stereocenters. The highest BCUT2D eigenvalue weighted by Crippen LogP contribution is 2.34. The highest BCUT2D eigenvalue weighted by atomic mass is 16.5. The van der Waals surface area contributed by atoms with Crippen molar-refractivity contribution >= 4 is 11.8 Å². The van der Waals surface area contributed by atoms with Crippen LogP contribution in [-0.4, -0.2) is 30.9 Å². The number of ether oxygens (including phenoxy) is 1. The van der Waals surface area contributed by atoms with Gasteiger partial charge in [-0.2, -0.15) is 0 Å². The van der Waals surface area contributed by atoms with Crippen LogP contribution < -0.4 is 5.32 Å². The van der Waals surface area contributed by atoms with E-state index in [1.807, 2.05) is 6.92 Å². The summed E-state index contributed by atoms with van der Waals surface area (Å²) in [6.45, 7) is 3.08. The molecule has 4 heteroatoms. The van der Waals surface area contributed by atoms with Crippen LogP contribution in [0.2, 0.25) is 0 Å². The van der Waals surface area contributed by atoms with Gasteiger partial charge in [0.1, 0.15) is 11.8 Å². The lowest BCUT2D eigenvalue weighted by Gasteiger charge is -2.38. The Balaban J connectivity index is 1.92. The smallest absolute Gasteiger partial charge is 0.323 e. The van der Waals surface area contributed by atoms with E-state index in [0.29, 0.717) is 37.1 Å². The van der Waals surface area contributed by atoms with Crippen molar-refractivity contribution in [2.24, 2.45) is 11.8 Å². The fourth-order valence-electron chi connectivity index (χ4n) is 2.79. The van der Waals surface area contributed by atoms with Crippen molar-refractivity contribution in [1.82, 2.24) is 5.32 Å². The van der Waals surface area contributed by atoms with E-state index in [2.05, 4.69) is 5.32 Å². The molecule has 0 amide bonds. The third-order valence-electron chi connectivity index (χ3n) is 3.69. The monoisotopic (exact) mass is 225 g/mol. The molecule has 0 aromatic heterocycles. The van der Waals surface area contributed by atoms with Gasteiger partial charge in [-0.05, 0) is 38.1 Å². The van der Waals surface area contributed by atoms with Crippen LogP contribution in [0.1, 0.15) is 32.6 Å². The second kappa shape index (κ2) is 4.95. The van der Waals surface area contributed by atoms with E-state index in [9.17, 15) is 9.59 Å². The highest BCUT2D eigenvalue weighted by molar-refractivity contribution is 5.80. The van der Waals surface area contributed by atoms with Crippen LogP contribution in [0.4, 0.5) is 0 Å². The number of hydrogen-bond donors (Lipinski definition) is 1. The first-order valence-corrected chi connectivity index (χ1v) is 6.12.